The van der Waals surface area contributed by atoms with Crippen LogP contribution in [0.4, 0.5) is 15.3 Å². The van der Waals surface area contributed by atoms with Gasteiger partial charge >= 0.3 is 12.2 Å². The molecule has 0 atom stereocenters. The van der Waals surface area contributed by atoms with Crippen LogP contribution in [0.25, 0.3) is 0 Å². The third-order valence-electron chi connectivity index (χ3n) is 2.53. The van der Waals surface area contributed by atoms with E-state index in [-0.39, 0.29) is 0 Å². The lowest BCUT2D eigenvalue weighted by Crippen LogP contribution is -2.50. The van der Waals surface area contributed by atoms with Crippen molar-refractivity contribution in [3.8, 4) is 0 Å². The average molecular weight is 322 g/mol. The number of ether oxygens (including phenoxy) is 2. The van der Waals surface area contributed by atoms with Gasteiger partial charge in [0, 0.05) is 0 Å². The summed E-state index contributed by atoms with van der Waals surface area (Å²) in [5.74, 6) is 0. The number of anilines is 1. The van der Waals surface area contributed by atoms with E-state index < -0.39 is 23.4 Å². The molecule has 6 nitrogen and oxygen atoms in total. The molecule has 0 radical (unpaired) electrons. The van der Waals surface area contributed by atoms with Crippen molar-refractivity contribution < 1.29 is 19.1 Å². The van der Waals surface area contributed by atoms with Gasteiger partial charge in [0.05, 0.1) is 5.69 Å². The number of hydrogen-bond donors (Lipinski definition) is 1. The highest BCUT2D eigenvalue weighted by Gasteiger charge is 2.27. The molecule has 2 amide bonds. The van der Waals surface area contributed by atoms with Gasteiger partial charge in [-0.2, -0.15) is 5.01 Å². The molecule has 1 N–H and O–H groups in total. The second-order valence-electron chi connectivity index (χ2n) is 7.22. The summed E-state index contributed by atoms with van der Waals surface area (Å²) in [5, 5.41) is 1.06. The molecule has 0 bridgehead atoms. The lowest BCUT2D eigenvalue weighted by Gasteiger charge is -2.29. The summed E-state index contributed by atoms with van der Waals surface area (Å²) in [7, 11) is 0. The standard InChI is InChI=1S/C17H26N2O4/c1-12-10-8-9-11-13(12)19(15(21)23-17(5,6)7)18-14(20)22-16(2,3)4/h8-11H,1-7H3,(H,18,20). The van der Waals surface area contributed by atoms with Crippen LogP contribution in [0.5, 0.6) is 0 Å². The van der Waals surface area contributed by atoms with E-state index in [4.69, 9.17) is 9.47 Å². The fraction of sp³-hybridized carbons (Fsp3) is 0.529. The number of hydrazine groups is 1. The van der Waals surface area contributed by atoms with Crippen LogP contribution in [0.1, 0.15) is 47.1 Å². The lowest BCUT2D eigenvalue weighted by molar-refractivity contribution is 0.0425. The smallest absolute Gasteiger partial charge is 0.434 e. The minimum atomic E-state index is -0.730. The number of nitrogens with one attached hydrogen (secondary N) is 1. The van der Waals surface area contributed by atoms with Crippen LogP contribution in [0.15, 0.2) is 24.3 Å². The lowest BCUT2D eigenvalue weighted by atomic mass is 10.2. The van der Waals surface area contributed by atoms with Crippen LogP contribution < -0.4 is 10.4 Å². The zero-order valence-electron chi connectivity index (χ0n) is 14.9. The zero-order valence-corrected chi connectivity index (χ0v) is 14.9. The number of rotatable bonds is 1. The van der Waals surface area contributed by atoms with Crippen molar-refractivity contribution in [2.24, 2.45) is 0 Å². The predicted octanol–water partition coefficient (Wildman–Crippen LogP) is 4.18. The van der Waals surface area contributed by atoms with Crippen molar-refractivity contribution in [2.75, 3.05) is 5.01 Å². The van der Waals surface area contributed by atoms with Gasteiger partial charge in [-0.3, -0.25) is 0 Å². The minimum absolute atomic E-state index is 0.521. The quantitative estimate of drug-likeness (QED) is 0.788. The van der Waals surface area contributed by atoms with Crippen LogP contribution in [-0.2, 0) is 9.47 Å². The Morgan fingerprint density at radius 1 is 0.957 bits per heavy atom. The van der Waals surface area contributed by atoms with Crippen LogP contribution in [0.2, 0.25) is 0 Å². The molecule has 0 heterocycles. The first-order valence-corrected chi connectivity index (χ1v) is 7.47. The number of hydrogen-bond acceptors (Lipinski definition) is 4. The summed E-state index contributed by atoms with van der Waals surface area (Å²) in [6.07, 6.45) is -1.41. The summed E-state index contributed by atoms with van der Waals surface area (Å²) < 4.78 is 10.6. The van der Waals surface area contributed by atoms with E-state index in [1.165, 1.54) is 0 Å². The zero-order chi connectivity index (χ0) is 17.8. The molecule has 0 unspecified atom stereocenters. The summed E-state index contributed by atoms with van der Waals surface area (Å²) in [5.41, 5.74) is 2.43. The number of para-hydroxylation sites is 1. The highest BCUT2D eigenvalue weighted by molar-refractivity contribution is 5.91. The van der Waals surface area contributed by atoms with Crippen LogP contribution in [-0.4, -0.2) is 23.4 Å². The van der Waals surface area contributed by atoms with E-state index >= 15 is 0 Å². The Kier molecular flexibility index (Phi) is 5.64. The Labute approximate surface area is 137 Å². The van der Waals surface area contributed by atoms with E-state index in [2.05, 4.69) is 5.43 Å². The third kappa shape index (κ3) is 6.59. The Morgan fingerprint density at radius 3 is 1.96 bits per heavy atom. The normalized spacial score (nSPS) is 11.6. The van der Waals surface area contributed by atoms with Crippen LogP contribution in [0.3, 0.4) is 0 Å². The number of aryl methyl sites for hydroxylation is 1. The molecule has 0 aromatic heterocycles. The molecule has 0 saturated carbocycles. The molecule has 0 spiro atoms. The van der Waals surface area contributed by atoms with E-state index in [9.17, 15) is 9.59 Å². The fourth-order valence-electron chi connectivity index (χ4n) is 1.72. The number of benzene rings is 1. The second-order valence-corrected chi connectivity index (χ2v) is 7.22. The molecule has 0 aliphatic heterocycles. The maximum Gasteiger partial charge on any atom is 0.434 e. The fourth-order valence-corrected chi connectivity index (χ4v) is 1.72. The number of carbonyl (C=O) groups is 2. The van der Waals surface area contributed by atoms with Crippen molar-refractivity contribution in [1.29, 1.82) is 0 Å². The number of nitrogens with zero attached hydrogens (tertiary/aromatic N) is 1. The highest BCUT2D eigenvalue weighted by Crippen LogP contribution is 2.21. The van der Waals surface area contributed by atoms with Gasteiger partial charge in [0.2, 0.25) is 0 Å². The molecule has 0 fully saturated rings. The van der Waals surface area contributed by atoms with E-state index in [1.54, 1.807) is 53.7 Å². The number of carbonyl (C=O) groups excluding carboxylic acids is 2. The maximum absolute atomic E-state index is 12.4. The predicted molar refractivity (Wildman–Crippen MR) is 89.3 cm³/mol. The monoisotopic (exact) mass is 322 g/mol. The van der Waals surface area contributed by atoms with Crippen LogP contribution in [0, 0.1) is 6.92 Å². The molecular weight excluding hydrogens is 296 g/mol. The Bertz CT molecular complexity index is 571. The molecule has 23 heavy (non-hydrogen) atoms. The molecule has 1 rings (SSSR count). The highest BCUT2D eigenvalue weighted by atomic mass is 16.6. The third-order valence-corrected chi connectivity index (χ3v) is 2.53. The Morgan fingerprint density at radius 2 is 1.48 bits per heavy atom. The first kappa shape index (κ1) is 18.8. The molecule has 1 aromatic rings. The van der Waals surface area contributed by atoms with Crippen molar-refractivity contribution in [1.82, 2.24) is 5.43 Å². The topological polar surface area (TPSA) is 67.9 Å². The van der Waals surface area contributed by atoms with Gasteiger partial charge in [-0.25, -0.2) is 15.0 Å². The van der Waals surface area contributed by atoms with Gasteiger partial charge in [-0.15, -0.1) is 0 Å². The maximum atomic E-state index is 12.4. The molecule has 0 aliphatic rings. The van der Waals surface area contributed by atoms with Crippen molar-refractivity contribution in [2.45, 2.75) is 59.7 Å². The molecule has 0 saturated heterocycles. The molecule has 1 aromatic carbocycles. The van der Waals surface area contributed by atoms with Gasteiger partial charge in [0.15, 0.2) is 0 Å². The van der Waals surface area contributed by atoms with Crippen molar-refractivity contribution in [3.05, 3.63) is 29.8 Å². The summed E-state index contributed by atoms with van der Waals surface area (Å²) in [6, 6.07) is 7.18. The van der Waals surface area contributed by atoms with E-state index in [0.29, 0.717) is 5.69 Å². The molecule has 128 valence electrons. The number of amides is 2. The van der Waals surface area contributed by atoms with Crippen molar-refractivity contribution >= 4 is 17.9 Å². The first-order chi connectivity index (χ1) is 10.4. The summed E-state index contributed by atoms with van der Waals surface area (Å²) >= 11 is 0. The Hall–Kier alpha value is -2.24. The SMILES string of the molecule is Cc1ccccc1N(NC(=O)OC(C)(C)C)C(=O)OC(C)(C)C. The summed E-state index contributed by atoms with van der Waals surface area (Å²) in [4.78, 5) is 24.5. The average Bonchev–Trinajstić information content (AvgIpc) is 2.32. The Balaban J connectivity index is 3.05. The van der Waals surface area contributed by atoms with Gasteiger partial charge < -0.3 is 9.47 Å². The largest absolute Gasteiger partial charge is 0.443 e. The van der Waals surface area contributed by atoms with Crippen molar-refractivity contribution in [3.63, 3.8) is 0 Å². The molecule has 6 heteroatoms. The second kappa shape index (κ2) is 6.89. The first-order valence-electron chi connectivity index (χ1n) is 7.47. The molecule has 0 aliphatic carbocycles. The van der Waals surface area contributed by atoms with E-state index in [1.807, 2.05) is 19.1 Å². The van der Waals surface area contributed by atoms with Crippen LogP contribution >= 0.6 is 0 Å². The van der Waals surface area contributed by atoms with Gasteiger partial charge in [0.25, 0.3) is 0 Å². The minimum Gasteiger partial charge on any atom is -0.443 e. The van der Waals surface area contributed by atoms with Gasteiger partial charge in [-0.1, -0.05) is 18.2 Å². The van der Waals surface area contributed by atoms with Gasteiger partial charge in [-0.05, 0) is 60.1 Å². The summed E-state index contributed by atoms with van der Waals surface area (Å²) in [6.45, 7) is 12.4. The molecular formula is C17H26N2O4. The van der Waals surface area contributed by atoms with E-state index in [0.717, 1.165) is 10.6 Å². The van der Waals surface area contributed by atoms with Gasteiger partial charge in [0.1, 0.15) is 11.2 Å².